The number of pyridine rings is 1. The molecule has 0 radical (unpaired) electrons. The molecule has 1 aromatic carbocycles. The summed E-state index contributed by atoms with van der Waals surface area (Å²) in [5, 5.41) is 3.97. The van der Waals surface area contributed by atoms with Crippen molar-refractivity contribution in [1.29, 1.82) is 0 Å². The number of hydrogen-bond acceptors (Lipinski definition) is 5. The number of nitrogens with two attached hydrogens (primary N) is 1. The van der Waals surface area contributed by atoms with Gasteiger partial charge in [0.1, 0.15) is 5.69 Å². The Bertz CT molecular complexity index is 764. The van der Waals surface area contributed by atoms with Crippen molar-refractivity contribution in [2.45, 2.75) is 13.8 Å². The van der Waals surface area contributed by atoms with Crippen LogP contribution in [-0.2, 0) is 0 Å². The molecule has 0 atom stereocenters. The molecule has 0 fully saturated rings. The van der Waals surface area contributed by atoms with Crippen molar-refractivity contribution < 1.29 is 4.52 Å². The molecule has 2 heterocycles. The Hall–Kier alpha value is -2.69. The third-order valence-electron chi connectivity index (χ3n) is 3.10. The fraction of sp³-hybridized carbons (Fsp3) is 0.133. The number of hydrogen-bond donors (Lipinski definition) is 1. The van der Waals surface area contributed by atoms with Gasteiger partial charge in [0.25, 0.3) is 5.89 Å². The Morgan fingerprint density at radius 1 is 1.00 bits per heavy atom. The zero-order chi connectivity index (χ0) is 14.1. The number of benzene rings is 1. The highest BCUT2D eigenvalue weighted by molar-refractivity contribution is 5.73. The van der Waals surface area contributed by atoms with Crippen LogP contribution in [0.5, 0.6) is 0 Å². The molecule has 0 aliphatic rings. The van der Waals surface area contributed by atoms with Crippen LogP contribution in [0.3, 0.4) is 0 Å². The van der Waals surface area contributed by atoms with E-state index >= 15 is 0 Å². The van der Waals surface area contributed by atoms with Crippen LogP contribution >= 0.6 is 0 Å². The van der Waals surface area contributed by atoms with Crippen molar-refractivity contribution in [1.82, 2.24) is 15.1 Å². The monoisotopic (exact) mass is 266 g/mol. The first-order valence-electron chi connectivity index (χ1n) is 6.28. The van der Waals surface area contributed by atoms with Crippen LogP contribution in [-0.4, -0.2) is 15.1 Å². The van der Waals surface area contributed by atoms with Crippen LogP contribution < -0.4 is 5.73 Å². The minimum Gasteiger partial charge on any atom is -0.398 e. The summed E-state index contributed by atoms with van der Waals surface area (Å²) in [6, 6.07) is 11.4. The van der Waals surface area contributed by atoms with Gasteiger partial charge in [-0.15, -0.1) is 0 Å². The van der Waals surface area contributed by atoms with E-state index < -0.39 is 0 Å². The second-order valence-electron chi connectivity index (χ2n) is 4.62. The zero-order valence-electron chi connectivity index (χ0n) is 11.3. The van der Waals surface area contributed by atoms with E-state index in [1.807, 2.05) is 50.2 Å². The Labute approximate surface area is 116 Å². The van der Waals surface area contributed by atoms with Gasteiger partial charge < -0.3 is 10.3 Å². The van der Waals surface area contributed by atoms with Crippen molar-refractivity contribution in [3.05, 3.63) is 47.7 Å². The zero-order valence-corrected chi connectivity index (χ0v) is 11.3. The lowest BCUT2D eigenvalue weighted by Gasteiger charge is -2.03. The highest BCUT2D eigenvalue weighted by Gasteiger charge is 2.14. The van der Waals surface area contributed by atoms with Crippen molar-refractivity contribution in [3.63, 3.8) is 0 Å². The van der Waals surface area contributed by atoms with Gasteiger partial charge in [-0.2, -0.15) is 4.98 Å². The van der Waals surface area contributed by atoms with Crippen molar-refractivity contribution in [2.24, 2.45) is 0 Å². The van der Waals surface area contributed by atoms with Gasteiger partial charge in [-0.3, -0.25) is 0 Å². The van der Waals surface area contributed by atoms with E-state index in [0.29, 0.717) is 23.1 Å². The molecule has 2 N–H and O–H groups in total. The topological polar surface area (TPSA) is 77.8 Å². The van der Waals surface area contributed by atoms with Gasteiger partial charge in [0, 0.05) is 11.4 Å². The van der Waals surface area contributed by atoms with E-state index in [0.717, 1.165) is 16.8 Å². The minimum absolute atomic E-state index is 0.407. The molecule has 2 aromatic heterocycles. The summed E-state index contributed by atoms with van der Waals surface area (Å²) in [5.41, 5.74) is 10.0. The predicted octanol–water partition coefficient (Wildman–Crippen LogP) is 3.00. The summed E-state index contributed by atoms with van der Waals surface area (Å²) in [6.45, 7) is 3.86. The third kappa shape index (κ3) is 2.14. The molecule has 0 aliphatic heterocycles. The molecule has 0 bridgehead atoms. The highest BCUT2D eigenvalue weighted by Crippen LogP contribution is 2.28. The molecule has 0 spiro atoms. The predicted molar refractivity (Wildman–Crippen MR) is 76.9 cm³/mol. The van der Waals surface area contributed by atoms with E-state index in [1.165, 1.54) is 0 Å². The first-order chi connectivity index (χ1) is 9.65. The number of aromatic nitrogens is 3. The Morgan fingerprint density at radius 2 is 1.80 bits per heavy atom. The molecule has 0 aliphatic carbocycles. The van der Waals surface area contributed by atoms with Crippen LogP contribution in [0, 0.1) is 13.8 Å². The third-order valence-corrected chi connectivity index (χ3v) is 3.10. The van der Waals surface area contributed by atoms with Crippen LogP contribution in [0.25, 0.3) is 23.0 Å². The molecular weight excluding hydrogens is 252 g/mol. The van der Waals surface area contributed by atoms with Gasteiger partial charge in [0.05, 0.1) is 5.56 Å². The van der Waals surface area contributed by atoms with E-state index in [2.05, 4.69) is 15.1 Å². The number of para-hydroxylation sites is 1. The molecule has 0 amide bonds. The Kier molecular flexibility index (Phi) is 2.95. The number of nitrogen functional groups attached to an aromatic ring is 1. The standard InChI is InChI=1S/C15H14N4O/c1-9-5-3-7-11(13(9)16)15-18-14(19-20-15)12-8-4-6-10(2)17-12/h3-8H,16H2,1-2H3. The highest BCUT2D eigenvalue weighted by atomic mass is 16.5. The maximum atomic E-state index is 6.04. The lowest BCUT2D eigenvalue weighted by Crippen LogP contribution is -1.93. The molecule has 20 heavy (non-hydrogen) atoms. The number of rotatable bonds is 2. The molecule has 0 saturated carbocycles. The molecule has 0 saturated heterocycles. The molecule has 5 heteroatoms. The number of aryl methyl sites for hydroxylation is 2. The van der Waals surface area contributed by atoms with Gasteiger partial charge in [-0.25, -0.2) is 4.98 Å². The molecule has 100 valence electrons. The fourth-order valence-electron chi connectivity index (χ4n) is 1.97. The summed E-state index contributed by atoms with van der Waals surface area (Å²) in [7, 11) is 0. The van der Waals surface area contributed by atoms with Crippen LogP contribution in [0.15, 0.2) is 40.9 Å². The lowest BCUT2D eigenvalue weighted by molar-refractivity contribution is 0.432. The normalized spacial score (nSPS) is 10.7. The average Bonchev–Trinajstić information content (AvgIpc) is 2.91. The average molecular weight is 266 g/mol. The second kappa shape index (κ2) is 4.77. The minimum atomic E-state index is 0.407. The van der Waals surface area contributed by atoms with Gasteiger partial charge in [0.2, 0.25) is 5.82 Å². The van der Waals surface area contributed by atoms with E-state index in [4.69, 9.17) is 10.3 Å². The summed E-state index contributed by atoms with van der Waals surface area (Å²) < 4.78 is 5.30. The van der Waals surface area contributed by atoms with Gasteiger partial charge in [-0.05, 0) is 37.6 Å². The smallest absolute Gasteiger partial charge is 0.260 e. The largest absolute Gasteiger partial charge is 0.398 e. The molecular formula is C15H14N4O. The summed E-state index contributed by atoms with van der Waals surface area (Å²) in [6.07, 6.45) is 0. The number of anilines is 1. The van der Waals surface area contributed by atoms with Crippen molar-refractivity contribution >= 4 is 5.69 Å². The van der Waals surface area contributed by atoms with Crippen LogP contribution in [0.2, 0.25) is 0 Å². The molecule has 3 aromatic rings. The maximum absolute atomic E-state index is 6.04. The van der Waals surface area contributed by atoms with Gasteiger partial charge >= 0.3 is 0 Å². The van der Waals surface area contributed by atoms with Crippen molar-refractivity contribution in [2.75, 3.05) is 5.73 Å². The quantitative estimate of drug-likeness (QED) is 0.721. The first kappa shape index (κ1) is 12.3. The summed E-state index contributed by atoms with van der Waals surface area (Å²) in [5.74, 6) is 0.870. The van der Waals surface area contributed by atoms with Crippen LogP contribution in [0.4, 0.5) is 5.69 Å². The van der Waals surface area contributed by atoms with E-state index in [9.17, 15) is 0 Å². The van der Waals surface area contributed by atoms with E-state index in [-0.39, 0.29) is 0 Å². The maximum Gasteiger partial charge on any atom is 0.260 e. The van der Waals surface area contributed by atoms with E-state index in [1.54, 1.807) is 0 Å². The number of nitrogens with zero attached hydrogens (tertiary/aromatic N) is 3. The first-order valence-corrected chi connectivity index (χ1v) is 6.28. The summed E-state index contributed by atoms with van der Waals surface area (Å²) in [4.78, 5) is 8.75. The second-order valence-corrected chi connectivity index (χ2v) is 4.62. The molecule has 5 nitrogen and oxygen atoms in total. The van der Waals surface area contributed by atoms with Gasteiger partial charge in [-0.1, -0.05) is 23.4 Å². The molecule has 0 unspecified atom stereocenters. The van der Waals surface area contributed by atoms with Gasteiger partial charge in [0.15, 0.2) is 0 Å². The SMILES string of the molecule is Cc1cccc(-c2noc(-c3cccc(C)c3N)n2)n1. The fourth-order valence-corrected chi connectivity index (χ4v) is 1.97. The Morgan fingerprint density at radius 3 is 2.60 bits per heavy atom. The molecule has 3 rings (SSSR count). The lowest BCUT2D eigenvalue weighted by atomic mass is 10.1. The van der Waals surface area contributed by atoms with Crippen molar-refractivity contribution in [3.8, 4) is 23.0 Å². The summed E-state index contributed by atoms with van der Waals surface area (Å²) >= 11 is 0. The Balaban J connectivity index is 2.04. The van der Waals surface area contributed by atoms with Crippen LogP contribution in [0.1, 0.15) is 11.3 Å².